The molecule has 0 radical (unpaired) electrons. The van der Waals surface area contributed by atoms with E-state index >= 15 is 0 Å². The fourth-order valence-electron chi connectivity index (χ4n) is 2.73. The van der Waals surface area contributed by atoms with E-state index in [-0.39, 0.29) is 5.56 Å². The highest BCUT2D eigenvalue weighted by molar-refractivity contribution is 5.04. The number of rotatable bonds is 4. The van der Waals surface area contributed by atoms with Crippen LogP contribution in [0.3, 0.4) is 0 Å². The first kappa shape index (κ1) is 13.9. The zero-order valence-electron chi connectivity index (χ0n) is 12.1. The minimum atomic E-state index is 0.0247. The molecule has 3 rings (SSSR count). The van der Waals surface area contributed by atoms with E-state index in [0.717, 1.165) is 50.4 Å². The highest BCUT2D eigenvalue weighted by Gasteiger charge is 2.21. The minimum absolute atomic E-state index is 0.0247. The van der Waals surface area contributed by atoms with Crippen LogP contribution in [0, 0.1) is 12.8 Å². The fraction of sp³-hybridized carbons (Fsp3) is 0.571. The second-order valence-corrected chi connectivity index (χ2v) is 5.59. The Bertz CT molecular complexity index is 643. The molecule has 0 saturated carbocycles. The summed E-state index contributed by atoms with van der Waals surface area (Å²) in [6.45, 7) is 5.46. The van der Waals surface area contributed by atoms with Crippen molar-refractivity contribution in [3.05, 3.63) is 40.3 Å². The van der Waals surface area contributed by atoms with Crippen molar-refractivity contribution < 1.29 is 4.63 Å². The zero-order valence-corrected chi connectivity index (χ0v) is 12.1. The Morgan fingerprint density at radius 3 is 2.81 bits per heavy atom. The first-order chi connectivity index (χ1) is 10.2. The fourth-order valence-corrected chi connectivity index (χ4v) is 2.73. The number of hydrogen-bond donors (Lipinski definition) is 0. The van der Waals surface area contributed by atoms with Gasteiger partial charge in [-0.25, -0.2) is 9.61 Å². The van der Waals surface area contributed by atoms with E-state index in [1.807, 2.05) is 6.92 Å². The summed E-state index contributed by atoms with van der Waals surface area (Å²) in [5.74, 6) is 0.527. The Labute approximate surface area is 122 Å². The van der Waals surface area contributed by atoms with Crippen LogP contribution in [0.4, 0.5) is 0 Å². The Hall–Kier alpha value is -2.02. The lowest BCUT2D eigenvalue weighted by molar-refractivity contribution is 0.162. The standard InChI is InChI=1S/C14H19N5O2/c1-11-13(17-21-16-11)9-18-6-3-12(4-7-18)8-19-10-15-5-2-14(19)20/h2,5,10,12H,3-4,6-9H2,1H3. The Morgan fingerprint density at radius 2 is 2.14 bits per heavy atom. The summed E-state index contributed by atoms with van der Waals surface area (Å²) in [7, 11) is 0. The van der Waals surface area contributed by atoms with Gasteiger partial charge in [0.05, 0.1) is 6.33 Å². The van der Waals surface area contributed by atoms with Crippen LogP contribution in [0.2, 0.25) is 0 Å². The quantitative estimate of drug-likeness (QED) is 0.830. The predicted octanol–water partition coefficient (Wildman–Crippen LogP) is 0.847. The second kappa shape index (κ2) is 6.17. The molecule has 1 fully saturated rings. The Kier molecular flexibility index (Phi) is 4.10. The lowest BCUT2D eigenvalue weighted by Crippen LogP contribution is -2.36. The maximum Gasteiger partial charge on any atom is 0.253 e. The number of aryl methyl sites for hydroxylation is 1. The largest absolute Gasteiger partial charge is 0.299 e. The number of nitrogens with zero attached hydrogens (tertiary/aromatic N) is 5. The molecule has 1 saturated heterocycles. The SMILES string of the molecule is Cc1nonc1CN1CCC(Cn2cnccc2=O)CC1. The van der Waals surface area contributed by atoms with Crippen LogP contribution >= 0.6 is 0 Å². The van der Waals surface area contributed by atoms with Crippen molar-refractivity contribution >= 4 is 0 Å². The van der Waals surface area contributed by atoms with E-state index in [1.54, 1.807) is 10.9 Å². The molecular formula is C14H19N5O2. The maximum atomic E-state index is 11.7. The number of hydrogen-bond acceptors (Lipinski definition) is 6. The summed E-state index contributed by atoms with van der Waals surface area (Å²) in [6.07, 6.45) is 5.31. The molecule has 21 heavy (non-hydrogen) atoms. The Balaban J connectivity index is 1.52. The normalized spacial score (nSPS) is 17.2. The van der Waals surface area contributed by atoms with Gasteiger partial charge in [0.25, 0.3) is 5.56 Å². The summed E-state index contributed by atoms with van der Waals surface area (Å²) in [4.78, 5) is 18.1. The van der Waals surface area contributed by atoms with Crippen LogP contribution in [0.1, 0.15) is 24.2 Å². The highest BCUT2D eigenvalue weighted by atomic mass is 16.6. The average molecular weight is 289 g/mol. The third kappa shape index (κ3) is 3.36. The molecule has 0 N–H and O–H groups in total. The van der Waals surface area contributed by atoms with E-state index in [9.17, 15) is 4.79 Å². The molecule has 0 spiro atoms. The lowest BCUT2D eigenvalue weighted by Gasteiger charge is -2.31. The molecule has 0 aliphatic carbocycles. The predicted molar refractivity (Wildman–Crippen MR) is 75.5 cm³/mol. The third-order valence-corrected chi connectivity index (χ3v) is 4.07. The van der Waals surface area contributed by atoms with Crippen LogP contribution in [0.25, 0.3) is 0 Å². The molecular weight excluding hydrogens is 270 g/mol. The molecule has 0 aromatic carbocycles. The van der Waals surface area contributed by atoms with Crippen molar-refractivity contribution in [2.24, 2.45) is 5.92 Å². The van der Waals surface area contributed by atoms with Crippen molar-refractivity contribution in [2.75, 3.05) is 13.1 Å². The van der Waals surface area contributed by atoms with Crippen molar-refractivity contribution in [3.63, 3.8) is 0 Å². The Morgan fingerprint density at radius 1 is 1.33 bits per heavy atom. The van der Waals surface area contributed by atoms with Gasteiger partial charge in [0.15, 0.2) is 0 Å². The molecule has 0 atom stereocenters. The van der Waals surface area contributed by atoms with Crippen LogP contribution in [0.5, 0.6) is 0 Å². The van der Waals surface area contributed by atoms with E-state index in [2.05, 4.69) is 20.2 Å². The number of likely N-dealkylation sites (tertiary alicyclic amines) is 1. The van der Waals surface area contributed by atoms with E-state index in [0.29, 0.717) is 5.92 Å². The molecule has 1 aliphatic heterocycles. The van der Waals surface area contributed by atoms with Gasteiger partial charge >= 0.3 is 0 Å². The third-order valence-electron chi connectivity index (χ3n) is 4.07. The van der Waals surface area contributed by atoms with Crippen LogP contribution in [-0.2, 0) is 13.1 Å². The van der Waals surface area contributed by atoms with Crippen molar-refractivity contribution in [2.45, 2.75) is 32.9 Å². The van der Waals surface area contributed by atoms with Crippen molar-refractivity contribution in [3.8, 4) is 0 Å². The van der Waals surface area contributed by atoms with Gasteiger partial charge in [0, 0.05) is 25.4 Å². The molecule has 7 heteroatoms. The molecule has 7 nitrogen and oxygen atoms in total. The van der Waals surface area contributed by atoms with Gasteiger partial charge in [-0.1, -0.05) is 10.3 Å². The molecule has 112 valence electrons. The molecule has 1 aliphatic rings. The number of piperidine rings is 1. The molecule has 0 bridgehead atoms. The van der Waals surface area contributed by atoms with Gasteiger partial charge < -0.3 is 0 Å². The topological polar surface area (TPSA) is 77.1 Å². The monoisotopic (exact) mass is 289 g/mol. The van der Waals surface area contributed by atoms with E-state index in [1.165, 1.54) is 12.3 Å². The molecule has 0 unspecified atom stereocenters. The molecule has 3 heterocycles. The maximum absolute atomic E-state index is 11.7. The van der Waals surface area contributed by atoms with Gasteiger partial charge in [-0.2, -0.15) is 0 Å². The summed E-state index contributed by atoms with van der Waals surface area (Å²) in [6, 6.07) is 1.51. The van der Waals surface area contributed by atoms with Crippen LogP contribution in [0.15, 0.2) is 28.0 Å². The van der Waals surface area contributed by atoms with Gasteiger partial charge in [0.1, 0.15) is 11.4 Å². The summed E-state index contributed by atoms with van der Waals surface area (Å²) >= 11 is 0. The summed E-state index contributed by atoms with van der Waals surface area (Å²) in [5.41, 5.74) is 1.80. The highest BCUT2D eigenvalue weighted by Crippen LogP contribution is 2.20. The number of aromatic nitrogens is 4. The first-order valence-corrected chi connectivity index (χ1v) is 7.23. The first-order valence-electron chi connectivity index (χ1n) is 7.23. The van der Waals surface area contributed by atoms with Crippen molar-refractivity contribution in [1.82, 2.24) is 24.8 Å². The van der Waals surface area contributed by atoms with Gasteiger partial charge in [-0.15, -0.1) is 0 Å². The smallest absolute Gasteiger partial charge is 0.253 e. The van der Waals surface area contributed by atoms with Crippen LogP contribution in [-0.4, -0.2) is 37.9 Å². The van der Waals surface area contributed by atoms with Gasteiger partial charge in [-0.05, 0) is 38.8 Å². The van der Waals surface area contributed by atoms with Crippen LogP contribution < -0.4 is 5.56 Å². The second-order valence-electron chi connectivity index (χ2n) is 5.59. The minimum Gasteiger partial charge on any atom is -0.299 e. The van der Waals surface area contributed by atoms with Gasteiger partial charge in [0.2, 0.25) is 0 Å². The molecule has 2 aromatic rings. The summed E-state index contributed by atoms with van der Waals surface area (Å²) in [5, 5.41) is 7.73. The summed E-state index contributed by atoms with van der Waals surface area (Å²) < 4.78 is 6.43. The van der Waals surface area contributed by atoms with Crippen molar-refractivity contribution in [1.29, 1.82) is 0 Å². The zero-order chi connectivity index (χ0) is 14.7. The molecule has 0 amide bonds. The van der Waals surface area contributed by atoms with Gasteiger partial charge in [-0.3, -0.25) is 14.3 Å². The van der Waals surface area contributed by atoms with E-state index < -0.39 is 0 Å². The lowest BCUT2D eigenvalue weighted by atomic mass is 9.96. The molecule has 2 aromatic heterocycles. The van der Waals surface area contributed by atoms with E-state index in [4.69, 9.17) is 4.63 Å². The average Bonchev–Trinajstić information content (AvgIpc) is 2.89.